The zero-order chi connectivity index (χ0) is 6.69. The average Bonchev–Trinajstić information content (AvgIpc) is 1.89. The second-order valence-corrected chi connectivity index (χ2v) is 1.70. The highest BCUT2D eigenvalue weighted by molar-refractivity contribution is 5.73. The minimum absolute atomic E-state index is 0.387. The van der Waals surface area contributed by atoms with Gasteiger partial charge in [-0.15, -0.1) is 0 Å². The van der Waals surface area contributed by atoms with Crippen LogP contribution in [0.3, 0.4) is 0 Å². The Morgan fingerprint density at radius 2 is 2.56 bits per heavy atom. The van der Waals surface area contributed by atoms with E-state index in [0.717, 1.165) is 0 Å². The fraction of sp³-hybridized carbons (Fsp3) is 0.500. The molecule has 0 saturated carbocycles. The van der Waals surface area contributed by atoms with Gasteiger partial charge in [0.25, 0.3) is 0 Å². The van der Waals surface area contributed by atoms with Crippen molar-refractivity contribution in [3.05, 3.63) is 0 Å². The van der Waals surface area contributed by atoms with E-state index in [1.807, 2.05) is 5.48 Å². The van der Waals surface area contributed by atoms with Gasteiger partial charge in [0.05, 0.1) is 6.34 Å². The highest BCUT2D eigenvalue weighted by atomic mass is 16.5. The summed E-state index contributed by atoms with van der Waals surface area (Å²) in [5.74, 6) is 0. The van der Waals surface area contributed by atoms with Gasteiger partial charge in [-0.3, -0.25) is 0 Å². The van der Waals surface area contributed by atoms with E-state index in [2.05, 4.69) is 9.98 Å². The van der Waals surface area contributed by atoms with Crippen LogP contribution in [0.1, 0.15) is 0 Å². The fourth-order valence-corrected chi connectivity index (χ4v) is 0.529. The van der Waals surface area contributed by atoms with Gasteiger partial charge in [0, 0.05) is 7.05 Å². The lowest BCUT2D eigenvalue weighted by molar-refractivity contribution is 0.0816. The van der Waals surface area contributed by atoms with Crippen molar-refractivity contribution in [3.63, 3.8) is 0 Å². The summed E-state index contributed by atoms with van der Waals surface area (Å²) in [4.78, 5) is 9.12. The molecule has 0 aromatic rings. The molecule has 0 aliphatic carbocycles. The van der Waals surface area contributed by atoms with E-state index < -0.39 is 0 Å². The Bertz CT molecular complexity index is 144. The lowest BCUT2D eigenvalue weighted by atomic mass is 10.7. The van der Waals surface area contributed by atoms with E-state index >= 15 is 0 Å². The minimum atomic E-state index is -0.387. The van der Waals surface area contributed by atoms with Gasteiger partial charge in [-0.25, -0.2) is 9.98 Å². The highest BCUT2D eigenvalue weighted by Gasteiger charge is 2.08. The monoisotopic (exact) mass is 128 g/mol. The third-order valence-electron chi connectivity index (χ3n) is 1.02. The molecule has 1 aliphatic rings. The summed E-state index contributed by atoms with van der Waals surface area (Å²) in [6.45, 7) is 0. The predicted octanol–water partition coefficient (Wildman–Crippen LogP) is -0.749. The van der Waals surface area contributed by atoms with Crippen LogP contribution in [0.15, 0.2) is 9.98 Å². The molecule has 0 fully saturated rings. The number of rotatable bonds is 1. The first-order valence-electron chi connectivity index (χ1n) is 2.51. The molecule has 0 amide bonds. The molecule has 1 unspecified atom stereocenters. The minimum Gasteiger partial charge on any atom is -0.330 e. The van der Waals surface area contributed by atoms with Crippen LogP contribution in [-0.2, 0) is 0 Å². The first-order valence-corrected chi connectivity index (χ1v) is 2.51. The summed E-state index contributed by atoms with van der Waals surface area (Å²) in [7, 11) is 1.76. The molecule has 0 aromatic heterocycles. The Kier molecular flexibility index (Phi) is 1.76. The van der Waals surface area contributed by atoms with Gasteiger partial charge in [-0.1, -0.05) is 0 Å². The van der Waals surface area contributed by atoms with Crippen LogP contribution in [0, 0.1) is 0 Å². The normalized spacial score (nSPS) is 25.1. The van der Waals surface area contributed by atoms with Crippen LogP contribution < -0.4 is 5.48 Å². The van der Waals surface area contributed by atoms with Gasteiger partial charge >= 0.3 is 0 Å². The van der Waals surface area contributed by atoms with Crippen molar-refractivity contribution >= 4 is 12.7 Å². The Labute approximate surface area is 52.7 Å². The van der Waals surface area contributed by atoms with Crippen LogP contribution in [0.5, 0.6) is 0 Å². The first-order chi connectivity index (χ1) is 4.34. The third kappa shape index (κ3) is 1.24. The van der Waals surface area contributed by atoms with E-state index in [-0.39, 0.29) is 6.29 Å². The first kappa shape index (κ1) is 6.18. The van der Waals surface area contributed by atoms with Crippen molar-refractivity contribution in [1.29, 1.82) is 0 Å². The SMILES string of the molecule is CN1C=NC=NC1NO. The van der Waals surface area contributed by atoms with Gasteiger partial charge in [0.15, 0.2) is 6.29 Å². The van der Waals surface area contributed by atoms with Crippen LogP contribution in [-0.4, -0.2) is 36.1 Å². The molecular weight excluding hydrogens is 120 g/mol. The second-order valence-electron chi connectivity index (χ2n) is 1.70. The van der Waals surface area contributed by atoms with Crippen molar-refractivity contribution in [2.24, 2.45) is 9.98 Å². The Hall–Kier alpha value is -0.940. The zero-order valence-corrected chi connectivity index (χ0v) is 5.02. The molecule has 0 saturated heterocycles. The second kappa shape index (κ2) is 2.56. The van der Waals surface area contributed by atoms with E-state index in [4.69, 9.17) is 5.21 Å². The van der Waals surface area contributed by atoms with Crippen molar-refractivity contribution in [3.8, 4) is 0 Å². The molecule has 0 spiro atoms. The fourth-order valence-electron chi connectivity index (χ4n) is 0.529. The van der Waals surface area contributed by atoms with Crippen LogP contribution >= 0.6 is 0 Å². The largest absolute Gasteiger partial charge is 0.330 e. The van der Waals surface area contributed by atoms with Crippen LogP contribution in [0.2, 0.25) is 0 Å². The van der Waals surface area contributed by atoms with Gasteiger partial charge < -0.3 is 10.1 Å². The topological polar surface area (TPSA) is 60.2 Å². The number of nitrogens with one attached hydrogen (secondary N) is 1. The average molecular weight is 128 g/mol. The van der Waals surface area contributed by atoms with Gasteiger partial charge in [0.1, 0.15) is 6.34 Å². The Balaban J connectivity index is 2.55. The summed E-state index contributed by atoms with van der Waals surface area (Å²) < 4.78 is 0. The maximum absolute atomic E-state index is 8.39. The highest BCUT2D eigenvalue weighted by Crippen LogP contribution is 1.92. The summed E-state index contributed by atoms with van der Waals surface area (Å²) in [5, 5.41) is 8.39. The molecule has 1 atom stereocenters. The van der Waals surface area contributed by atoms with E-state index in [9.17, 15) is 0 Å². The van der Waals surface area contributed by atoms with Crippen LogP contribution in [0.4, 0.5) is 0 Å². The summed E-state index contributed by atoms with van der Waals surface area (Å²) >= 11 is 0. The van der Waals surface area contributed by atoms with Crippen LogP contribution in [0.25, 0.3) is 0 Å². The smallest absolute Gasteiger partial charge is 0.199 e. The predicted molar refractivity (Wildman–Crippen MR) is 33.5 cm³/mol. The molecule has 0 radical (unpaired) electrons. The van der Waals surface area contributed by atoms with Gasteiger partial charge in [-0.05, 0) is 0 Å². The van der Waals surface area contributed by atoms with Gasteiger partial charge in [-0.2, -0.15) is 5.48 Å². The maximum atomic E-state index is 8.39. The number of hydroxylamine groups is 1. The third-order valence-corrected chi connectivity index (χ3v) is 1.02. The quantitative estimate of drug-likeness (QED) is 0.457. The molecule has 1 aliphatic heterocycles. The molecule has 50 valence electrons. The molecule has 5 nitrogen and oxygen atoms in total. The molecule has 5 heteroatoms. The molecule has 1 heterocycles. The molecule has 9 heavy (non-hydrogen) atoms. The lowest BCUT2D eigenvalue weighted by Crippen LogP contribution is -2.41. The van der Waals surface area contributed by atoms with Crippen molar-refractivity contribution < 1.29 is 5.21 Å². The number of hydrogen-bond donors (Lipinski definition) is 2. The Morgan fingerprint density at radius 3 is 3.00 bits per heavy atom. The molecular formula is C4H8N4O. The standard InChI is InChI=1S/C4H8N4O/c1-8-3-5-2-6-4(8)7-9/h2-4,7,9H,1H3. The van der Waals surface area contributed by atoms with E-state index in [1.54, 1.807) is 18.3 Å². The number of aliphatic imine (C=N–C) groups is 2. The summed E-state index contributed by atoms with van der Waals surface area (Å²) in [6.07, 6.45) is 2.57. The molecule has 0 aromatic carbocycles. The van der Waals surface area contributed by atoms with Crippen molar-refractivity contribution in [1.82, 2.24) is 10.4 Å². The zero-order valence-electron chi connectivity index (χ0n) is 5.02. The number of hydrogen-bond acceptors (Lipinski definition) is 5. The van der Waals surface area contributed by atoms with Crippen molar-refractivity contribution in [2.75, 3.05) is 7.05 Å². The van der Waals surface area contributed by atoms with E-state index in [0.29, 0.717) is 0 Å². The summed E-state index contributed by atoms with van der Waals surface area (Å²) in [6, 6.07) is 0. The molecule has 2 N–H and O–H groups in total. The molecule has 1 rings (SSSR count). The molecule has 0 bridgehead atoms. The lowest BCUT2D eigenvalue weighted by Gasteiger charge is -2.21. The van der Waals surface area contributed by atoms with Crippen molar-refractivity contribution in [2.45, 2.75) is 6.29 Å². The summed E-state index contributed by atoms with van der Waals surface area (Å²) in [5.41, 5.74) is 1.99. The maximum Gasteiger partial charge on any atom is 0.199 e. The number of nitrogens with zero attached hydrogens (tertiary/aromatic N) is 3. The van der Waals surface area contributed by atoms with Gasteiger partial charge in [0.2, 0.25) is 0 Å². The van der Waals surface area contributed by atoms with E-state index in [1.165, 1.54) is 6.34 Å². The Morgan fingerprint density at radius 1 is 1.78 bits per heavy atom.